The summed E-state index contributed by atoms with van der Waals surface area (Å²) in [6, 6.07) is 5.90. The zero-order valence-electron chi connectivity index (χ0n) is 11.1. The number of nitrogens with zero attached hydrogens (tertiary/aromatic N) is 2. The molecule has 1 aromatic heterocycles. The van der Waals surface area contributed by atoms with E-state index < -0.39 is 0 Å². The van der Waals surface area contributed by atoms with Crippen molar-refractivity contribution in [2.24, 2.45) is 4.99 Å². The minimum atomic E-state index is -0.114. The number of esters is 1. The van der Waals surface area contributed by atoms with E-state index >= 15 is 0 Å². The van der Waals surface area contributed by atoms with Gasteiger partial charge < -0.3 is 4.74 Å². The molecule has 0 aliphatic heterocycles. The Morgan fingerprint density at radius 3 is 3.00 bits per heavy atom. The number of hydrogen-bond acceptors (Lipinski definition) is 4. The molecule has 0 aromatic carbocycles. The number of carbonyl (C=O) groups is 1. The summed E-state index contributed by atoms with van der Waals surface area (Å²) in [5.41, 5.74) is 1.91. The van der Waals surface area contributed by atoms with E-state index in [9.17, 15) is 4.79 Å². The summed E-state index contributed by atoms with van der Waals surface area (Å²) in [6.45, 7) is 2.28. The van der Waals surface area contributed by atoms with Gasteiger partial charge in [-0.15, -0.1) is 0 Å². The van der Waals surface area contributed by atoms with Gasteiger partial charge in [0, 0.05) is 25.4 Å². The summed E-state index contributed by atoms with van der Waals surface area (Å²) in [7, 11) is 1.73. The highest BCUT2D eigenvalue weighted by molar-refractivity contribution is 5.76. The maximum atomic E-state index is 11.1. The lowest BCUT2D eigenvalue weighted by Crippen LogP contribution is -2.03. The topological polar surface area (TPSA) is 51.5 Å². The zero-order chi connectivity index (χ0) is 13.2. The van der Waals surface area contributed by atoms with Crippen LogP contribution in [0.25, 0.3) is 0 Å². The molecule has 0 aliphatic carbocycles. The van der Waals surface area contributed by atoms with E-state index in [0.717, 1.165) is 30.7 Å². The maximum Gasteiger partial charge on any atom is 0.305 e. The molecule has 0 bridgehead atoms. The molecule has 0 amide bonds. The summed E-state index contributed by atoms with van der Waals surface area (Å²) >= 11 is 0. The van der Waals surface area contributed by atoms with E-state index in [1.54, 1.807) is 13.3 Å². The molecule has 0 atom stereocenters. The lowest BCUT2D eigenvalue weighted by atomic mass is 10.1. The number of ether oxygens (including phenoxy) is 1. The molecule has 1 heterocycles. The highest BCUT2D eigenvalue weighted by Gasteiger charge is 2.02. The van der Waals surface area contributed by atoms with Crippen LogP contribution in [-0.2, 0) is 16.0 Å². The SMILES string of the molecule is CCOC(=O)CCCCc1cccc(C=NC)n1. The predicted molar refractivity (Wildman–Crippen MR) is 71.9 cm³/mol. The molecular formula is C14H20N2O2. The van der Waals surface area contributed by atoms with E-state index in [1.807, 2.05) is 25.1 Å². The van der Waals surface area contributed by atoms with E-state index in [-0.39, 0.29) is 5.97 Å². The van der Waals surface area contributed by atoms with Gasteiger partial charge in [0.25, 0.3) is 0 Å². The van der Waals surface area contributed by atoms with Crippen LogP contribution in [0.15, 0.2) is 23.2 Å². The first-order valence-electron chi connectivity index (χ1n) is 6.30. The molecule has 0 radical (unpaired) electrons. The number of aryl methyl sites for hydroxylation is 1. The van der Waals surface area contributed by atoms with Gasteiger partial charge in [0.2, 0.25) is 0 Å². The molecule has 4 heteroatoms. The van der Waals surface area contributed by atoms with Gasteiger partial charge in [0.15, 0.2) is 0 Å². The Kier molecular flexibility index (Phi) is 6.69. The van der Waals surface area contributed by atoms with Crippen molar-refractivity contribution in [2.45, 2.75) is 32.6 Å². The summed E-state index contributed by atoms with van der Waals surface area (Å²) in [5, 5.41) is 0. The van der Waals surface area contributed by atoms with Gasteiger partial charge >= 0.3 is 5.97 Å². The highest BCUT2D eigenvalue weighted by Crippen LogP contribution is 2.05. The molecule has 0 aliphatic rings. The first-order valence-corrected chi connectivity index (χ1v) is 6.30. The molecule has 1 rings (SSSR count). The summed E-state index contributed by atoms with van der Waals surface area (Å²) in [4.78, 5) is 19.5. The summed E-state index contributed by atoms with van der Waals surface area (Å²) < 4.78 is 4.87. The normalized spacial score (nSPS) is 10.8. The molecule has 0 saturated carbocycles. The van der Waals surface area contributed by atoms with E-state index in [2.05, 4.69) is 9.98 Å². The molecule has 0 spiro atoms. The number of aliphatic imine (C=N–C) groups is 1. The van der Waals surface area contributed by atoms with Crippen LogP contribution in [0, 0.1) is 0 Å². The van der Waals surface area contributed by atoms with Crippen molar-refractivity contribution in [2.75, 3.05) is 13.7 Å². The number of hydrogen-bond donors (Lipinski definition) is 0. The van der Waals surface area contributed by atoms with Crippen molar-refractivity contribution in [3.05, 3.63) is 29.6 Å². The van der Waals surface area contributed by atoms with Crippen LogP contribution in [0.2, 0.25) is 0 Å². The second kappa shape index (κ2) is 8.39. The standard InChI is InChI=1S/C14H20N2O2/c1-3-18-14(17)10-5-4-7-12-8-6-9-13(16-12)11-15-2/h6,8-9,11H,3-5,7,10H2,1-2H3. The van der Waals surface area contributed by atoms with Crippen molar-refractivity contribution in [3.63, 3.8) is 0 Å². The minimum Gasteiger partial charge on any atom is -0.466 e. The lowest BCUT2D eigenvalue weighted by Gasteiger charge is -2.03. The first kappa shape index (κ1) is 14.4. The molecule has 0 unspecified atom stereocenters. The predicted octanol–water partition coefficient (Wildman–Crippen LogP) is 2.41. The zero-order valence-corrected chi connectivity index (χ0v) is 11.1. The summed E-state index contributed by atoms with van der Waals surface area (Å²) in [6.07, 6.45) is 4.89. The van der Waals surface area contributed by atoms with Crippen molar-refractivity contribution in [1.82, 2.24) is 4.98 Å². The molecule has 1 aromatic rings. The van der Waals surface area contributed by atoms with Crippen LogP contribution in [0.1, 0.15) is 37.6 Å². The lowest BCUT2D eigenvalue weighted by molar-refractivity contribution is -0.143. The molecule has 18 heavy (non-hydrogen) atoms. The Labute approximate surface area is 108 Å². The molecule has 98 valence electrons. The smallest absolute Gasteiger partial charge is 0.305 e. The largest absolute Gasteiger partial charge is 0.466 e. The van der Waals surface area contributed by atoms with Crippen molar-refractivity contribution < 1.29 is 9.53 Å². The van der Waals surface area contributed by atoms with Gasteiger partial charge in [-0.25, -0.2) is 0 Å². The quantitative estimate of drug-likeness (QED) is 0.423. The Balaban J connectivity index is 2.31. The van der Waals surface area contributed by atoms with Crippen LogP contribution >= 0.6 is 0 Å². The molecule has 0 fully saturated rings. The van der Waals surface area contributed by atoms with Gasteiger partial charge in [-0.2, -0.15) is 0 Å². The van der Waals surface area contributed by atoms with Gasteiger partial charge in [0.1, 0.15) is 0 Å². The fourth-order valence-electron chi connectivity index (χ4n) is 1.65. The van der Waals surface area contributed by atoms with Gasteiger partial charge in [0.05, 0.1) is 12.3 Å². The third kappa shape index (κ3) is 5.57. The second-order valence-electron chi connectivity index (χ2n) is 3.95. The monoisotopic (exact) mass is 248 g/mol. The number of aromatic nitrogens is 1. The fraction of sp³-hybridized carbons (Fsp3) is 0.500. The third-order valence-electron chi connectivity index (χ3n) is 2.46. The molecule has 4 nitrogen and oxygen atoms in total. The summed E-state index contributed by atoms with van der Waals surface area (Å²) in [5.74, 6) is -0.114. The third-order valence-corrected chi connectivity index (χ3v) is 2.46. The van der Waals surface area contributed by atoms with Gasteiger partial charge in [-0.1, -0.05) is 6.07 Å². The number of unbranched alkanes of at least 4 members (excludes halogenated alkanes) is 1. The maximum absolute atomic E-state index is 11.1. The Morgan fingerprint density at radius 1 is 1.44 bits per heavy atom. The van der Waals surface area contributed by atoms with Gasteiger partial charge in [-0.3, -0.25) is 14.8 Å². The van der Waals surface area contributed by atoms with Crippen LogP contribution in [0.4, 0.5) is 0 Å². The fourth-order valence-corrected chi connectivity index (χ4v) is 1.65. The first-order chi connectivity index (χ1) is 8.76. The second-order valence-corrected chi connectivity index (χ2v) is 3.95. The number of rotatable bonds is 7. The van der Waals surface area contributed by atoms with Gasteiger partial charge in [-0.05, 0) is 38.3 Å². The van der Waals surface area contributed by atoms with Crippen molar-refractivity contribution in [1.29, 1.82) is 0 Å². The van der Waals surface area contributed by atoms with E-state index in [1.165, 1.54) is 0 Å². The van der Waals surface area contributed by atoms with E-state index in [4.69, 9.17) is 4.74 Å². The average Bonchev–Trinajstić information content (AvgIpc) is 2.36. The Morgan fingerprint density at radius 2 is 2.28 bits per heavy atom. The highest BCUT2D eigenvalue weighted by atomic mass is 16.5. The average molecular weight is 248 g/mol. The number of pyridine rings is 1. The van der Waals surface area contributed by atoms with Crippen molar-refractivity contribution >= 4 is 12.2 Å². The number of carbonyl (C=O) groups excluding carboxylic acids is 1. The van der Waals surface area contributed by atoms with Crippen LogP contribution in [0.5, 0.6) is 0 Å². The Hall–Kier alpha value is -1.71. The van der Waals surface area contributed by atoms with E-state index in [0.29, 0.717) is 13.0 Å². The molecule has 0 saturated heterocycles. The molecular weight excluding hydrogens is 228 g/mol. The van der Waals surface area contributed by atoms with Crippen LogP contribution in [-0.4, -0.2) is 30.8 Å². The van der Waals surface area contributed by atoms with Crippen molar-refractivity contribution in [3.8, 4) is 0 Å². The van der Waals surface area contributed by atoms with Crippen LogP contribution < -0.4 is 0 Å². The molecule has 0 N–H and O–H groups in total. The minimum absolute atomic E-state index is 0.114. The Bertz CT molecular complexity index is 403. The van der Waals surface area contributed by atoms with Crippen LogP contribution in [0.3, 0.4) is 0 Å².